The van der Waals surface area contributed by atoms with E-state index in [9.17, 15) is 26.7 Å². The summed E-state index contributed by atoms with van der Waals surface area (Å²) in [5.74, 6) is -3.10. The maximum Gasteiger partial charge on any atom is 0.417 e. The van der Waals surface area contributed by atoms with Gasteiger partial charge in [-0.25, -0.2) is 8.78 Å². The van der Waals surface area contributed by atoms with Crippen LogP contribution in [0.5, 0.6) is 0 Å². The van der Waals surface area contributed by atoms with E-state index in [-0.39, 0.29) is 34.7 Å². The molecule has 0 unspecified atom stereocenters. The Balaban J connectivity index is 1.63. The summed E-state index contributed by atoms with van der Waals surface area (Å²) in [5.41, 5.74) is 4.86. The molecule has 0 bridgehead atoms. The molecule has 3 heterocycles. The Morgan fingerprint density at radius 2 is 1.87 bits per heavy atom. The van der Waals surface area contributed by atoms with E-state index in [4.69, 9.17) is 10.2 Å². The first-order chi connectivity index (χ1) is 14.6. The van der Waals surface area contributed by atoms with Crippen LogP contribution in [0.1, 0.15) is 21.7 Å². The van der Waals surface area contributed by atoms with Gasteiger partial charge in [-0.1, -0.05) is 6.07 Å². The van der Waals surface area contributed by atoms with Crippen LogP contribution in [0.3, 0.4) is 0 Å². The molecule has 0 radical (unpaired) electrons. The quantitative estimate of drug-likeness (QED) is 0.607. The first-order valence-electron chi connectivity index (χ1n) is 9.21. The van der Waals surface area contributed by atoms with Crippen molar-refractivity contribution in [3.8, 4) is 22.6 Å². The zero-order valence-electron chi connectivity index (χ0n) is 15.9. The smallest absolute Gasteiger partial charge is 0.417 e. The van der Waals surface area contributed by atoms with Gasteiger partial charge < -0.3 is 15.1 Å². The Hall–Kier alpha value is -3.27. The lowest BCUT2D eigenvalue weighted by Crippen LogP contribution is -2.58. The number of furan rings is 1. The largest absolute Gasteiger partial charge is 0.460 e. The first-order valence-corrected chi connectivity index (χ1v) is 9.21. The van der Waals surface area contributed by atoms with Crippen molar-refractivity contribution in [1.29, 1.82) is 0 Å². The predicted octanol–water partition coefficient (Wildman–Crippen LogP) is 4.58. The number of rotatable bonds is 4. The lowest BCUT2D eigenvalue weighted by Gasteiger charge is -2.38. The highest BCUT2D eigenvalue weighted by Gasteiger charge is 2.46. The van der Waals surface area contributed by atoms with E-state index in [1.807, 2.05) is 0 Å². The Morgan fingerprint density at radius 1 is 1.13 bits per heavy atom. The molecule has 1 fully saturated rings. The van der Waals surface area contributed by atoms with Crippen LogP contribution in [-0.2, 0) is 12.7 Å². The van der Waals surface area contributed by atoms with Crippen LogP contribution in [0.25, 0.3) is 22.6 Å². The molecule has 5 nitrogen and oxygen atoms in total. The van der Waals surface area contributed by atoms with Crippen LogP contribution in [0.4, 0.5) is 22.0 Å². The third-order valence-corrected chi connectivity index (χ3v) is 4.89. The molecule has 2 aromatic heterocycles. The van der Waals surface area contributed by atoms with Gasteiger partial charge in [0.2, 0.25) is 0 Å². The molecular weight excluding hydrogens is 421 g/mol. The van der Waals surface area contributed by atoms with Crippen molar-refractivity contribution >= 4 is 5.91 Å². The average Bonchev–Trinajstić information content (AvgIpc) is 3.19. The lowest BCUT2D eigenvalue weighted by atomic mass is 9.99. The number of aromatic nitrogens is 1. The van der Waals surface area contributed by atoms with Gasteiger partial charge in [-0.3, -0.25) is 9.78 Å². The maximum absolute atomic E-state index is 13.7. The van der Waals surface area contributed by atoms with Crippen molar-refractivity contribution in [3.63, 3.8) is 0 Å². The van der Waals surface area contributed by atoms with Crippen LogP contribution < -0.4 is 5.73 Å². The van der Waals surface area contributed by atoms with Gasteiger partial charge in [-0.05, 0) is 36.4 Å². The molecular formula is C21H16F5N3O2. The van der Waals surface area contributed by atoms with Gasteiger partial charge in [0.05, 0.1) is 36.5 Å². The van der Waals surface area contributed by atoms with Gasteiger partial charge in [-0.15, -0.1) is 0 Å². The first kappa shape index (κ1) is 21.0. The van der Waals surface area contributed by atoms with Gasteiger partial charge in [0, 0.05) is 17.3 Å². The number of pyridine rings is 1. The van der Waals surface area contributed by atoms with Crippen LogP contribution in [0, 0.1) is 0 Å². The summed E-state index contributed by atoms with van der Waals surface area (Å²) >= 11 is 0. The molecule has 2 N–H and O–H groups in total. The zero-order chi connectivity index (χ0) is 22.4. The summed E-state index contributed by atoms with van der Waals surface area (Å²) < 4.78 is 72.3. The highest BCUT2D eigenvalue weighted by Crippen LogP contribution is 2.40. The maximum atomic E-state index is 13.7. The normalized spacial score (nSPS) is 15.6. The zero-order valence-corrected chi connectivity index (χ0v) is 15.9. The number of carbonyl (C=O) groups is 1. The minimum atomic E-state index is -4.65. The fraction of sp³-hybridized carbons (Fsp3) is 0.238. The number of hydrogen-bond acceptors (Lipinski definition) is 4. The van der Waals surface area contributed by atoms with Crippen molar-refractivity contribution in [1.82, 2.24) is 9.88 Å². The van der Waals surface area contributed by atoms with E-state index in [0.29, 0.717) is 5.76 Å². The van der Waals surface area contributed by atoms with Crippen molar-refractivity contribution in [2.45, 2.75) is 18.6 Å². The Bertz CT molecular complexity index is 1110. The second-order valence-corrected chi connectivity index (χ2v) is 7.18. The van der Waals surface area contributed by atoms with Gasteiger partial charge in [0.1, 0.15) is 11.5 Å². The van der Waals surface area contributed by atoms with E-state index in [0.717, 1.165) is 17.2 Å². The van der Waals surface area contributed by atoms with E-state index < -0.39 is 36.7 Å². The average molecular weight is 437 g/mol. The van der Waals surface area contributed by atoms with Crippen LogP contribution in [0.2, 0.25) is 0 Å². The van der Waals surface area contributed by atoms with Crippen LogP contribution in [0.15, 0.2) is 53.1 Å². The SMILES string of the molecule is NCc1ccc(-c2ccc(-c3ccc(C(=O)N4CC(F)(F)C4)cn3)cc2C(F)(F)F)o1. The number of carbonyl (C=O) groups excluding carboxylic acids is 1. The molecule has 1 saturated heterocycles. The summed E-state index contributed by atoms with van der Waals surface area (Å²) in [7, 11) is 0. The second-order valence-electron chi connectivity index (χ2n) is 7.18. The Morgan fingerprint density at radius 3 is 2.42 bits per heavy atom. The fourth-order valence-electron chi connectivity index (χ4n) is 3.31. The summed E-state index contributed by atoms with van der Waals surface area (Å²) in [6.07, 6.45) is -3.49. The number of hydrogen-bond donors (Lipinski definition) is 1. The van der Waals surface area contributed by atoms with Crippen molar-refractivity contribution in [2.24, 2.45) is 5.73 Å². The minimum absolute atomic E-state index is 0.0413. The number of amides is 1. The highest BCUT2D eigenvalue weighted by molar-refractivity contribution is 5.94. The number of nitrogens with two attached hydrogens (primary N) is 1. The number of nitrogens with zero attached hydrogens (tertiary/aromatic N) is 2. The molecule has 162 valence electrons. The Labute approximate surface area is 173 Å². The van der Waals surface area contributed by atoms with Gasteiger partial charge in [0.15, 0.2) is 0 Å². The van der Waals surface area contributed by atoms with Crippen molar-refractivity contribution in [3.05, 3.63) is 65.5 Å². The minimum Gasteiger partial charge on any atom is -0.460 e. The standard InChI is InChI=1S/C21H16F5N3O2/c22-20(23)10-29(11-20)19(30)13-2-5-17(28-9-13)12-1-4-15(16(7-12)21(24,25)26)18-6-3-14(8-27)31-18/h1-7,9H,8,10-11,27H2. The third kappa shape index (κ3) is 4.15. The number of halogens is 5. The summed E-state index contributed by atoms with van der Waals surface area (Å²) in [4.78, 5) is 17.2. The summed E-state index contributed by atoms with van der Waals surface area (Å²) in [6.45, 7) is -1.27. The van der Waals surface area contributed by atoms with E-state index in [1.165, 1.54) is 36.4 Å². The molecule has 1 aliphatic heterocycles. The molecule has 0 aliphatic carbocycles. The second kappa shape index (κ2) is 7.45. The number of likely N-dealkylation sites (tertiary alicyclic amines) is 1. The lowest BCUT2D eigenvalue weighted by molar-refractivity contribution is -0.137. The fourth-order valence-corrected chi connectivity index (χ4v) is 3.31. The third-order valence-electron chi connectivity index (χ3n) is 4.89. The Kier molecular flexibility index (Phi) is 5.04. The molecule has 0 spiro atoms. The topological polar surface area (TPSA) is 72.4 Å². The van der Waals surface area contributed by atoms with E-state index >= 15 is 0 Å². The molecule has 4 rings (SSSR count). The van der Waals surface area contributed by atoms with E-state index in [2.05, 4.69) is 4.98 Å². The van der Waals surface area contributed by atoms with Gasteiger partial charge in [0.25, 0.3) is 11.8 Å². The van der Waals surface area contributed by atoms with Crippen molar-refractivity contribution < 1.29 is 31.2 Å². The number of benzene rings is 1. The van der Waals surface area contributed by atoms with Crippen molar-refractivity contribution in [2.75, 3.05) is 13.1 Å². The number of alkyl halides is 5. The molecule has 1 amide bonds. The molecule has 1 aromatic carbocycles. The molecule has 31 heavy (non-hydrogen) atoms. The monoisotopic (exact) mass is 437 g/mol. The predicted molar refractivity (Wildman–Crippen MR) is 101 cm³/mol. The summed E-state index contributed by atoms with van der Waals surface area (Å²) in [5, 5.41) is 0. The molecule has 10 heteroatoms. The molecule has 3 aromatic rings. The van der Waals surface area contributed by atoms with Crippen LogP contribution in [-0.4, -0.2) is 34.8 Å². The molecule has 1 aliphatic rings. The summed E-state index contributed by atoms with van der Waals surface area (Å²) in [6, 6.07) is 9.33. The van der Waals surface area contributed by atoms with Crippen LogP contribution >= 0.6 is 0 Å². The van der Waals surface area contributed by atoms with E-state index in [1.54, 1.807) is 0 Å². The molecule has 0 saturated carbocycles. The highest BCUT2D eigenvalue weighted by atomic mass is 19.4. The molecule has 0 atom stereocenters. The van der Waals surface area contributed by atoms with Gasteiger partial charge >= 0.3 is 6.18 Å². The van der Waals surface area contributed by atoms with Gasteiger partial charge in [-0.2, -0.15) is 13.2 Å².